The van der Waals surface area contributed by atoms with Crippen LogP contribution in [0.3, 0.4) is 0 Å². The minimum absolute atomic E-state index is 0. The van der Waals surface area contributed by atoms with Gasteiger partial charge in [0.05, 0.1) is 0 Å². The predicted octanol–water partition coefficient (Wildman–Crippen LogP) is 4.61. The van der Waals surface area contributed by atoms with E-state index in [1.165, 1.54) is 37.3 Å². The molecule has 3 aromatic rings. The van der Waals surface area contributed by atoms with E-state index in [1.807, 2.05) is 18.5 Å². The van der Waals surface area contributed by atoms with Crippen LogP contribution in [0.4, 0.5) is 10.2 Å². The molecule has 0 amide bonds. The van der Waals surface area contributed by atoms with Crippen LogP contribution in [0.15, 0.2) is 47.7 Å². The lowest BCUT2D eigenvalue weighted by atomic mass is 10.1. The zero-order valence-corrected chi connectivity index (χ0v) is 20.9. The van der Waals surface area contributed by atoms with Crippen LogP contribution in [0.2, 0.25) is 0 Å². The molecule has 1 aliphatic heterocycles. The van der Waals surface area contributed by atoms with Crippen molar-refractivity contribution in [2.24, 2.45) is 4.99 Å². The molecule has 3 heterocycles. The number of nitrogens with zero attached hydrogens (tertiary/aromatic N) is 3. The van der Waals surface area contributed by atoms with E-state index in [1.54, 1.807) is 19.2 Å². The number of guanidine groups is 1. The highest BCUT2D eigenvalue weighted by atomic mass is 127. The third-order valence-corrected chi connectivity index (χ3v) is 5.84. The fourth-order valence-electron chi connectivity index (χ4n) is 4.12. The molecule has 0 unspecified atom stereocenters. The fourth-order valence-corrected chi connectivity index (χ4v) is 4.12. The third kappa shape index (κ3) is 6.34. The minimum atomic E-state index is -0.212. The quantitative estimate of drug-likeness (QED) is 0.238. The first kappa shape index (κ1) is 24.3. The smallest absolute Gasteiger partial charge is 0.191 e. The number of aliphatic imine (C=N–C) groups is 1. The van der Waals surface area contributed by atoms with Crippen LogP contribution in [-0.2, 0) is 13.0 Å². The Balaban J connectivity index is 0.00000289. The molecule has 0 bridgehead atoms. The predicted molar refractivity (Wildman–Crippen MR) is 140 cm³/mol. The Kier molecular flexibility index (Phi) is 9.13. The number of nitrogens with one attached hydrogen (secondary N) is 3. The second-order valence-electron chi connectivity index (χ2n) is 8.03. The van der Waals surface area contributed by atoms with Gasteiger partial charge in [-0.2, -0.15) is 0 Å². The van der Waals surface area contributed by atoms with E-state index < -0.39 is 0 Å². The van der Waals surface area contributed by atoms with Gasteiger partial charge in [0.25, 0.3) is 0 Å². The number of pyridine rings is 1. The lowest BCUT2D eigenvalue weighted by molar-refractivity contribution is 0.629. The number of H-pyrrole nitrogens is 1. The molecule has 0 saturated carbocycles. The molecule has 2 aromatic heterocycles. The van der Waals surface area contributed by atoms with Crippen molar-refractivity contribution in [1.29, 1.82) is 0 Å². The Morgan fingerprint density at radius 3 is 2.72 bits per heavy atom. The van der Waals surface area contributed by atoms with E-state index in [0.717, 1.165) is 47.8 Å². The van der Waals surface area contributed by atoms with Crippen LogP contribution in [0.1, 0.15) is 36.8 Å². The van der Waals surface area contributed by atoms with Gasteiger partial charge in [-0.15, -0.1) is 24.0 Å². The molecular formula is C24H32FIN6. The monoisotopic (exact) mass is 550 g/mol. The normalized spacial score (nSPS) is 14.7. The molecule has 172 valence electrons. The molecule has 1 aromatic carbocycles. The molecule has 0 atom stereocenters. The van der Waals surface area contributed by atoms with Crippen LogP contribution in [-0.4, -0.2) is 42.6 Å². The van der Waals surface area contributed by atoms with Gasteiger partial charge in [0.1, 0.15) is 11.6 Å². The standard InChI is InChI=1S/C24H31FN6.HI/c1-26-24(28-11-9-19-17-29-22-7-6-20(25)15-21(19)22)30-16-18-8-10-27-23(14-18)31-12-4-2-3-5-13-31;/h6-8,10,14-15,17,29H,2-5,9,11-13,16H2,1H3,(H2,26,28,30);1H. The summed E-state index contributed by atoms with van der Waals surface area (Å²) in [6.45, 7) is 3.57. The van der Waals surface area contributed by atoms with Crippen LogP contribution >= 0.6 is 24.0 Å². The molecule has 3 N–H and O–H groups in total. The lowest BCUT2D eigenvalue weighted by Gasteiger charge is -2.22. The molecule has 1 aliphatic rings. The van der Waals surface area contributed by atoms with E-state index in [0.29, 0.717) is 13.1 Å². The van der Waals surface area contributed by atoms with E-state index in [-0.39, 0.29) is 29.8 Å². The zero-order valence-electron chi connectivity index (χ0n) is 18.5. The molecule has 0 aliphatic carbocycles. The van der Waals surface area contributed by atoms with Gasteiger partial charge in [-0.3, -0.25) is 4.99 Å². The van der Waals surface area contributed by atoms with Crippen molar-refractivity contribution >= 4 is 46.7 Å². The van der Waals surface area contributed by atoms with E-state index in [2.05, 4.69) is 36.6 Å². The molecular weight excluding hydrogens is 518 g/mol. The Bertz CT molecular complexity index is 1030. The molecule has 8 heteroatoms. The number of benzene rings is 1. The first-order chi connectivity index (χ1) is 15.2. The average Bonchev–Trinajstić information content (AvgIpc) is 2.99. The van der Waals surface area contributed by atoms with Gasteiger partial charge < -0.3 is 20.5 Å². The molecule has 1 fully saturated rings. The van der Waals surface area contributed by atoms with Crippen LogP contribution < -0.4 is 15.5 Å². The summed E-state index contributed by atoms with van der Waals surface area (Å²) in [5.41, 5.74) is 3.23. The Labute approximate surface area is 206 Å². The number of halogens is 2. The number of hydrogen-bond donors (Lipinski definition) is 3. The van der Waals surface area contributed by atoms with Crippen LogP contribution in [0, 0.1) is 5.82 Å². The first-order valence-corrected chi connectivity index (χ1v) is 11.1. The van der Waals surface area contributed by atoms with Crippen LogP contribution in [0.5, 0.6) is 0 Å². The number of anilines is 1. The fraction of sp³-hybridized carbons (Fsp3) is 0.417. The number of fused-ring (bicyclic) bond motifs is 1. The number of hydrogen-bond acceptors (Lipinski definition) is 3. The van der Waals surface area contributed by atoms with Crippen LogP contribution in [0.25, 0.3) is 10.9 Å². The lowest BCUT2D eigenvalue weighted by Crippen LogP contribution is -2.37. The van der Waals surface area contributed by atoms with Crippen molar-refractivity contribution in [2.45, 2.75) is 38.6 Å². The molecule has 1 saturated heterocycles. The van der Waals surface area contributed by atoms with Gasteiger partial charge in [0.15, 0.2) is 5.96 Å². The average molecular weight is 550 g/mol. The Morgan fingerprint density at radius 2 is 1.94 bits per heavy atom. The number of aromatic nitrogens is 2. The second-order valence-corrected chi connectivity index (χ2v) is 8.03. The van der Waals surface area contributed by atoms with Crippen molar-refractivity contribution in [3.05, 3.63) is 59.7 Å². The molecule has 4 rings (SSSR count). The van der Waals surface area contributed by atoms with Crippen molar-refractivity contribution in [1.82, 2.24) is 20.6 Å². The minimum Gasteiger partial charge on any atom is -0.361 e. The largest absolute Gasteiger partial charge is 0.361 e. The van der Waals surface area contributed by atoms with Crippen molar-refractivity contribution in [3.63, 3.8) is 0 Å². The summed E-state index contributed by atoms with van der Waals surface area (Å²) in [6.07, 6.45) is 9.72. The molecule has 32 heavy (non-hydrogen) atoms. The number of rotatable bonds is 6. The maximum Gasteiger partial charge on any atom is 0.191 e. The van der Waals surface area contributed by atoms with Gasteiger partial charge in [0.2, 0.25) is 0 Å². The highest BCUT2D eigenvalue weighted by molar-refractivity contribution is 14.0. The Morgan fingerprint density at radius 1 is 1.12 bits per heavy atom. The molecule has 0 radical (unpaired) electrons. The SMILES string of the molecule is CN=C(NCCc1c[nH]c2ccc(F)cc12)NCc1ccnc(N2CCCCCC2)c1.I. The summed E-state index contributed by atoms with van der Waals surface area (Å²) in [6, 6.07) is 9.05. The maximum absolute atomic E-state index is 13.6. The van der Waals surface area contributed by atoms with Crippen molar-refractivity contribution < 1.29 is 4.39 Å². The summed E-state index contributed by atoms with van der Waals surface area (Å²) < 4.78 is 13.6. The summed E-state index contributed by atoms with van der Waals surface area (Å²) in [7, 11) is 1.77. The zero-order chi connectivity index (χ0) is 21.5. The van der Waals surface area contributed by atoms with E-state index in [9.17, 15) is 4.39 Å². The van der Waals surface area contributed by atoms with E-state index in [4.69, 9.17) is 0 Å². The highest BCUT2D eigenvalue weighted by Crippen LogP contribution is 2.20. The summed E-state index contributed by atoms with van der Waals surface area (Å²) in [4.78, 5) is 14.5. The van der Waals surface area contributed by atoms with Gasteiger partial charge in [-0.25, -0.2) is 9.37 Å². The van der Waals surface area contributed by atoms with Crippen molar-refractivity contribution in [3.8, 4) is 0 Å². The molecule has 0 spiro atoms. The molecule has 6 nitrogen and oxygen atoms in total. The summed E-state index contributed by atoms with van der Waals surface area (Å²) >= 11 is 0. The Hall–Kier alpha value is -2.36. The number of aromatic amines is 1. The third-order valence-electron chi connectivity index (χ3n) is 5.84. The van der Waals surface area contributed by atoms with Crippen molar-refractivity contribution in [2.75, 3.05) is 31.6 Å². The topological polar surface area (TPSA) is 68.3 Å². The second kappa shape index (κ2) is 12.0. The van der Waals surface area contributed by atoms with Gasteiger partial charge in [0, 0.05) is 56.5 Å². The van der Waals surface area contributed by atoms with E-state index >= 15 is 0 Å². The highest BCUT2D eigenvalue weighted by Gasteiger charge is 2.11. The summed E-state index contributed by atoms with van der Waals surface area (Å²) in [5.74, 6) is 1.60. The summed E-state index contributed by atoms with van der Waals surface area (Å²) in [5, 5.41) is 7.66. The van der Waals surface area contributed by atoms with Gasteiger partial charge in [-0.1, -0.05) is 12.8 Å². The van der Waals surface area contributed by atoms with Gasteiger partial charge >= 0.3 is 0 Å². The van der Waals surface area contributed by atoms with Gasteiger partial charge in [-0.05, 0) is 60.7 Å². The first-order valence-electron chi connectivity index (χ1n) is 11.1. The maximum atomic E-state index is 13.6.